The minimum absolute atomic E-state index is 1.00. The van der Waals surface area contributed by atoms with E-state index in [1.165, 1.54) is 11.3 Å². The van der Waals surface area contributed by atoms with Gasteiger partial charge < -0.3 is 10.2 Å². The number of piperazine rings is 1. The lowest BCUT2D eigenvalue weighted by molar-refractivity contribution is 0.584. The molecule has 2 heterocycles. The van der Waals surface area contributed by atoms with Gasteiger partial charge in [-0.3, -0.25) is 0 Å². The van der Waals surface area contributed by atoms with Gasteiger partial charge >= 0.3 is 0 Å². The number of benzene rings is 1. The molecule has 3 heteroatoms. The summed E-state index contributed by atoms with van der Waals surface area (Å²) in [6, 6.07) is 17.0. The fourth-order valence-corrected chi connectivity index (χ4v) is 2.59. The lowest BCUT2D eigenvalue weighted by Gasteiger charge is -2.28. The summed E-state index contributed by atoms with van der Waals surface area (Å²) in [5.74, 6) is 1.12. The summed E-state index contributed by atoms with van der Waals surface area (Å²) in [5.41, 5.74) is 2.56. The van der Waals surface area contributed by atoms with Crippen molar-refractivity contribution >= 4 is 5.82 Å². The number of hydrogen-bond donors (Lipinski definition) is 1. The monoisotopic (exact) mass is 267 g/mol. The van der Waals surface area contributed by atoms with Crippen LogP contribution in [-0.2, 0) is 12.8 Å². The second-order valence-electron chi connectivity index (χ2n) is 5.21. The number of anilines is 1. The van der Waals surface area contributed by atoms with Crippen LogP contribution in [0.5, 0.6) is 0 Å². The van der Waals surface area contributed by atoms with Gasteiger partial charge in [-0.2, -0.15) is 0 Å². The zero-order chi connectivity index (χ0) is 13.6. The molecule has 0 amide bonds. The molecule has 0 spiro atoms. The maximum Gasteiger partial charge on any atom is 0.128 e. The summed E-state index contributed by atoms with van der Waals surface area (Å²) in [6.07, 6.45) is 2.06. The quantitative estimate of drug-likeness (QED) is 0.921. The van der Waals surface area contributed by atoms with Crippen LogP contribution >= 0.6 is 0 Å². The molecule has 3 rings (SSSR count). The van der Waals surface area contributed by atoms with E-state index in [0.29, 0.717) is 0 Å². The van der Waals surface area contributed by atoms with Crippen molar-refractivity contribution in [3.05, 3.63) is 59.8 Å². The highest BCUT2D eigenvalue weighted by Crippen LogP contribution is 2.13. The Morgan fingerprint density at radius 1 is 0.900 bits per heavy atom. The van der Waals surface area contributed by atoms with E-state index >= 15 is 0 Å². The summed E-state index contributed by atoms with van der Waals surface area (Å²) in [7, 11) is 0. The first-order chi connectivity index (χ1) is 9.92. The molecule has 1 fully saturated rings. The predicted octanol–water partition coefficient (Wildman–Crippen LogP) is 2.28. The van der Waals surface area contributed by atoms with Crippen LogP contribution in [0.4, 0.5) is 5.82 Å². The van der Waals surface area contributed by atoms with Gasteiger partial charge in [-0.1, -0.05) is 36.4 Å². The van der Waals surface area contributed by atoms with E-state index < -0.39 is 0 Å². The number of aryl methyl sites for hydroxylation is 2. The molecule has 0 atom stereocenters. The highest BCUT2D eigenvalue weighted by atomic mass is 15.2. The Bertz CT molecular complexity index is 533. The normalized spacial score (nSPS) is 15.3. The maximum absolute atomic E-state index is 4.81. The second-order valence-corrected chi connectivity index (χ2v) is 5.21. The molecule has 1 N–H and O–H groups in total. The fourth-order valence-electron chi connectivity index (χ4n) is 2.59. The Hall–Kier alpha value is -1.87. The number of nitrogens with zero attached hydrogens (tertiary/aromatic N) is 2. The molecule has 104 valence electrons. The van der Waals surface area contributed by atoms with Crippen molar-refractivity contribution < 1.29 is 0 Å². The van der Waals surface area contributed by atoms with Crippen molar-refractivity contribution in [2.75, 3.05) is 31.1 Å². The highest BCUT2D eigenvalue weighted by molar-refractivity contribution is 5.40. The van der Waals surface area contributed by atoms with Gasteiger partial charge in [0.05, 0.1) is 0 Å². The second kappa shape index (κ2) is 6.53. The van der Waals surface area contributed by atoms with E-state index in [4.69, 9.17) is 4.98 Å². The van der Waals surface area contributed by atoms with E-state index in [2.05, 4.69) is 58.7 Å². The molecule has 1 aliphatic heterocycles. The summed E-state index contributed by atoms with van der Waals surface area (Å²) >= 11 is 0. The first kappa shape index (κ1) is 13.1. The van der Waals surface area contributed by atoms with Gasteiger partial charge in [0.25, 0.3) is 0 Å². The zero-order valence-electron chi connectivity index (χ0n) is 11.8. The van der Waals surface area contributed by atoms with Gasteiger partial charge in [-0.15, -0.1) is 0 Å². The van der Waals surface area contributed by atoms with E-state index in [0.717, 1.165) is 44.8 Å². The molecule has 3 nitrogen and oxygen atoms in total. The minimum Gasteiger partial charge on any atom is -0.354 e. The van der Waals surface area contributed by atoms with Gasteiger partial charge in [0.1, 0.15) is 5.82 Å². The third-order valence-corrected chi connectivity index (χ3v) is 3.75. The van der Waals surface area contributed by atoms with E-state index in [1.54, 1.807) is 0 Å². The van der Waals surface area contributed by atoms with Crippen LogP contribution in [0.2, 0.25) is 0 Å². The van der Waals surface area contributed by atoms with Gasteiger partial charge in [0, 0.05) is 31.9 Å². The molecule has 2 aromatic rings. The molecule has 20 heavy (non-hydrogen) atoms. The average molecular weight is 267 g/mol. The van der Waals surface area contributed by atoms with Crippen molar-refractivity contribution in [2.24, 2.45) is 0 Å². The SMILES string of the molecule is c1ccc(CCc2cccc(N3CCNCC3)n2)cc1. The number of pyridine rings is 1. The van der Waals surface area contributed by atoms with Crippen LogP contribution in [0.3, 0.4) is 0 Å². The number of aromatic nitrogens is 1. The van der Waals surface area contributed by atoms with E-state index in [1.807, 2.05) is 0 Å². The average Bonchev–Trinajstić information content (AvgIpc) is 2.55. The Kier molecular flexibility index (Phi) is 4.28. The highest BCUT2D eigenvalue weighted by Gasteiger charge is 2.11. The lowest BCUT2D eigenvalue weighted by Crippen LogP contribution is -2.43. The van der Waals surface area contributed by atoms with Crippen LogP contribution in [-0.4, -0.2) is 31.2 Å². The summed E-state index contributed by atoms with van der Waals surface area (Å²) in [6.45, 7) is 4.20. The molecule has 0 saturated carbocycles. The summed E-state index contributed by atoms with van der Waals surface area (Å²) < 4.78 is 0. The first-order valence-electron chi connectivity index (χ1n) is 7.37. The van der Waals surface area contributed by atoms with Crippen molar-refractivity contribution in [3.63, 3.8) is 0 Å². The van der Waals surface area contributed by atoms with Crippen molar-refractivity contribution in [1.82, 2.24) is 10.3 Å². The zero-order valence-corrected chi connectivity index (χ0v) is 11.8. The van der Waals surface area contributed by atoms with Gasteiger partial charge in [-0.25, -0.2) is 4.98 Å². The van der Waals surface area contributed by atoms with E-state index in [9.17, 15) is 0 Å². The fraction of sp³-hybridized carbons (Fsp3) is 0.353. The number of nitrogens with one attached hydrogen (secondary N) is 1. The standard InChI is InChI=1S/C17H21N3/c1-2-5-15(6-3-1)9-10-16-7-4-8-17(19-16)20-13-11-18-12-14-20/h1-8,18H,9-14H2. The first-order valence-corrected chi connectivity index (χ1v) is 7.37. The number of rotatable bonds is 4. The maximum atomic E-state index is 4.81. The van der Waals surface area contributed by atoms with Gasteiger partial charge in [-0.05, 0) is 30.5 Å². The Morgan fingerprint density at radius 2 is 1.70 bits per heavy atom. The molecule has 0 radical (unpaired) electrons. The van der Waals surface area contributed by atoms with Crippen LogP contribution in [0.1, 0.15) is 11.3 Å². The van der Waals surface area contributed by atoms with Crippen LogP contribution in [0.25, 0.3) is 0 Å². The summed E-state index contributed by atoms with van der Waals surface area (Å²) in [5, 5.41) is 3.38. The molecular formula is C17H21N3. The smallest absolute Gasteiger partial charge is 0.128 e. The Labute approximate surface area is 120 Å². The molecule has 1 aromatic heterocycles. The van der Waals surface area contributed by atoms with Crippen molar-refractivity contribution in [1.29, 1.82) is 0 Å². The largest absolute Gasteiger partial charge is 0.354 e. The molecule has 0 unspecified atom stereocenters. The molecular weight excluding hydrogens is 246 g/mol. The van der Waals surface area contributed by atoms with Gasteiger partial charge in [0.2, 0.25) is 0 Å². The molecule has 1 saturated heterocycles. The van der Waals surface area contributed by atoms with Gasteiger partial charge in [0.15, 0.2) is 0 Å². The molecule has 0 bridgehead atoms. The van der Waals surface area contributed by atoms with Crippen molar-refractivity contribution in [3.8, 4) is 0 Å². The Balaban J connectivity index is 1.65. The Morgan fingerprint density at radius 3 is 2.50 bits per heavy atom. The third-order valence-electron chi connectivity index (χ3n) is 3.75. The van der Waals surface area contributed by atoms with Crippen LogP contribution in [0, 0.1) is 0 Å². The van der Waals surface area contributed by atoms with Crippen molar-refractivity contribution in [2.45, 2.75) is 12.8 Å². The summed E-state index contributed by atoms with van der Waals surface area (Å²) in [4.78, 5) is 7.17. The van der Waals surface area contributed by atoms with E-state index in [-0.39, 0.29) is 0 Å². The van der Waals surface area contributed by atoms with Crippen LogP contribution in [0.15, 0.2) is 48.5 Å². The van der Waals surface area contributed by atoms with Crippen LogP contribution < -0.4 is 10.2 Å². The minimum atomic E-state index is 1.00. The topological polar surface area (TPSA) is 28.2 Å². The predicted molar refractivity (Wildman–Crippen MR) is 83.2 cm³/mol. The third kappa shape index (κ3) is 3.36. The molecule has 0 aliphatic carbocycles. The molecule has 1 aromatic carbocycles. The lowest BCUT2D eigenvalue weighted by atomic mass is 10.1. The molecule has 1 aliphatic rings. The number of hydrogen-bond acceptors (Lipinski definition) is 3.